The molecule has 2 rings (SSSR count). The van der Waals surface area contributed by atoms with Crippen LogP contribution >= 0.6 is 0 Å². The third-order valence-corrected chi connectivity index (χ3v) is 2.80. The number of carbonyl (C=O) groups is 1. The largest absolute Gasteiger partial charge is 0.469 e. The third-order valence-electron chi connectivity index (χ3n) is 2.80. The van der Waals surface area contributed by atoms with Crippen LogP contribution < -0.4 is 0 Å². The van der Waals surface area contributed by atoms with E-state index in [1.54, 1.807) is 17.9 Å². The van der Waals surface area contributed by atoms with Crippen molar-refractivity contribution in [1.29, 1.82) is 5.26 Å². The Morgan fingerprint density at radius 3 is 2.94 bits per heavy atom. The van der Waals surface area contributed by atoms with Gasteiger partial charge in [0.2, 0.25) is 0 Å². The highest BCUT2D eigenvalue weighted by Gasteiger charge is 2.33. The molecule has 1 amide bonds. The summed E-state index contributed by atoms with van der Waals surface area (Å²) in [6, 6.07) is 4.10. The minimum Gasteiger partial charge on any atom is -0.469 e. The van der Waals surface area contributed by atoms with Crippen molar-refractivity contribution in [2.24, 2.45) is 0 Å². The second-order valence-corrected chi connectivity index (χ2v) is 4.03. The first kappa shape index (κ1) is 10.7. The van der Waals surface area contributed by atoms with Crippen LogP contribution in [0.2, 0.25) is 0 Å². The Morgan fingerprint density at radius 2 is 2.44 bits per heavy atom. The summed E-state index contributed by atoms with van der Waals surface area (Å²) in [7, 11) is 0. The van der Waals surface area contributed by atoms with Crippen molar-refractivity contribution in [2.75, 3.05) is 6.54 Å². The zero-order chi connectivity index (χ0) is 11.5. The summed E-state index contributed by atoms with van der Waals surface area (Å²) in [6.45, 7) is 2.30. The number of carbonyl (C=O) groups excluding carboxylic acids is 1. The van der Waals surface area contributed by atoms with Crippen molar-refractivity contribution >= 4 is 5.91 Å². The van der Waals surface area contributed by atoms with Gasteiger partial charge in [-0.1, -0.05) is 0 Å². The highest BCUT2D eigenvalue weighted by Crippen LogP contribution is 2.29. The first-order valence-electron chi connectivity index (χ1n) is 5.46. The van der Waals surface area contributed by atoms with E-state index in [-0.39, 0.29) is 5.91 Å². The van der Waals surface area contributed by atoms with E-state index < -0.39 is 0 Å². The number of rotatable bonds is 4. The Kier molecular flexibility index (Phi) is 2.95. The Morgan fingerprint density at radius 1 is 1.69 bits per heavy atom. The van der Waals surface area contributed by atoms with Crippen LogP contribution in [-0.4, -0.2) is 23.4 Å². The average molecular weight is 218 g/mol. The number of nitriles is 1. The topological polar surface area (TPSA) is 57.2 Å². The second kappa shape index (κ2) is 4.40. The quantitative estimate of drug-likeness (QED) is 0.777. The Balaban J connectivity index is 2.11. The van der Waals surface area contributed by atoms with Crippen LogP contribution in [0.3, 0.4) is 0 Å². The lowest BCUT2D eigenvalue weighted by atomic mass is 10.2. The summed E-state index contributed by atoms with van der Waals surface area (Å²) in [5.74, 6) is 0.636. The minimum atomic E-state index is -0.0102. The first-order valence-corrected chi connectivity index (χ1v) is 5.46. The number of hydrogen-bond acceptors (Lipinski definition) is 3. The lowest BCUT2D eigenvalue weighted by molar-refractivity contribution is 0.0745. The van der Waals surface area contributed by atoms with Gasteiger partial charge < -0.3 is 9.32 Å². The molecule has 1 aliphatic rings. The van der Waals surface area contributed by atoms with E-state index in [0.29, 0.717) is 30.3 Å². The van der Waals surface area contributed by atoms with Crippen LogP contribution in [0.25, 0.3) is 0 Å². The number of amides is 1. The molecular formula is C12H14N2O2. The molecule has 0 aliphatic heterocycles. The molecule has 1 heterocycles. The van der Waals surface area contributed by atoms with E-state index in [4.69, 9.17) is 9.68 Å². The summed E-state index contributed by atoms with van der Waals surface area (Å²) < 4.78 is 5.13. The van der Waals surface area contributed by atoms with Crippen LogP contribution in [0.1, 0.15) is 35.4 Å². The molecule has 0 atom stereocenters. The van der Waals surface area contributed by atoms with E-state index in [1.807, 2.05) is 0 Å². The highest BCUT2D eigenvalue weighted by molar-refractivity contribution is 5.95. The van der Waals surface area contributed by atoms with Crippen LogP contribution in [0, 0.1) is 18.3 Å². The van der Waals surface area contributed by atoms with Crippen molar-refractivity contribution in [3.63, 3.8) is 0 Å². The smallest absolute Gasteiger partial charge is 0.257 e. The van der Waals surface area contributed by atoms with Gasteiger partial charge in [-0.2, -0.15) is 5.26 Å². The van der Waals surface area contributed by atoms with E-state index in [9.17, 15) is 4.79 Å². The summed E-state index contributed by atoms with van der Waals surface area (Å²) in [5, 5.41) is 8.58. The van der Waals surface area contributed by atoms with Gasteiger partial charge in [0.15, 0.2) is 0 Å². The fourth-order valence-corrected chi connectivity index (χ4v) is 1.77. The molecule has 0 N–H and O–H groups in total. The molecule has 0 spiro atoms. The molecule has 16 heavy (non-hydrogen) atoms. The summed E-state index contributed by atoms with van der Waals surface area (Å²) in [4.78, 5) is 14.0. The number of furan rings is 1. The number of hydrogen-bond donors (Lipinski definition) is 0. The van der Waals surface area contributed by atoms with Gasteiger partial charge in [0.25, 0.3) is 5.91 Å². The molecule has 1 aromatic heterocycles. The van der Waals surface area contributed by atoms with Gasteiger partial charge in [-0.25, -0.2) is 0 Å². The lowest BCUT2D eigenvalue weighted by Crippen LogP contribution is -2.34. The molecule has 1 aliphatic carbocycles. The van der Waals surface area contributed by atoms with Crippen molar-refractivity contribution in [3.05, 3.63) is 23.7 Å². The third kappa shape index (κ3) is 2.08. The highest BCUT2D eigenvalue weighted by atomic mass is 16.3. The molecule has 4 nitrogen and oxygen atoms in total. The van der Waals surface area contributed by atoms with Crippen molar-refractivity contribution in [3.8, 4) is 6.07 Å². The molecule has 0 radical (unpaired) electrons. The van der Waals surface area contributed by atoms with E-state index in [2.05, 4.69) is 6.07 Å². The number of nitrogens with zero attached hydrogens (tertiary/aromatic N) is 2. The number of aryl methyl sites for hydroxylation is 1. The Hall–Kier alpha value is -1.76. The maximum atomic E-state index is 12.2. The van der Waals surface area contributed by atoms with Crippen molar-refractivity contribution in [2.45, 2.75) is 32.2 Å². The van der Waals surface area contributed by atoms with E-state index in [1.165, 1.54) is 6.26 Å². The van der Waals surface area contributed by atoms with E-state index in [0.717, 1.165) is 12.8 Å². The summed E-state index contributed by atoms with van der Waals surface area (Å²) >= 11 is 0. The van der Waals surface area contributed by atoms with Gasteiger partial charge in [-0.05, 0) is 25.8 Å². The average Bonchev–Trinajstić information content (AvgIpc) is 3.01. The van der Waals surface area contributed by atoms with Crippen molar-refractivity contribution in [1.82, 2.24) is 4.90 Å². The molecule has 4 heteroatoms. The SMILES string of the molecule is Cc1occc1C(=O)N(CCC#N)C1CC1. The fraction of sp³-hybridized carbons (Fsp3) is 0.500. The second-order valence-electron chi connectivity index (χ2n) is 4.03. The summed E-state index contributed by atoms with van der Waals surface area (Å²) in [5.41, 5.74) is 0.616. The monoisotopic (exact) mass is 218 g/mol. The van der Waals surface area contributed by atoms with Crippen LogP contribution in [0.4, 0.5) is 0 Å². The molecule has 1 fully saturated rings. The van der Waals surface area contributed by atoms with Gasteiger partial charge in [0.1, 0.15) is 5.76 Å². The zero-order valence-corrected chi connectivity index (χ0v) is 9.27. The fourth-order valence-electron chi connectivity index (χ4n) is 1.77. The molecule has 0 saturated heterocycles. The molecule has 0 aromatic carbocycles. The first-order chi connectivity index (χ1) is 7.74. The van der Waals surface area contributed by atoms with Crippen LogP contribution in [0.15, 0.2) is 16.7 Å². The molecule has 0 bridgehead atoms. The minimum absolute atomic E-state index is 0.0102. The van der Waals surface area contributed by atoms with Crippen LogP contribution in [0.5, 0.6) is 0 Å². The maximum absolute atomic E-state index is 12.2. The standard InChI is InChI=1S/C12H14N2O2/c1-9-11(5-8-16-9)12(15)14(7-2-6-13)10-3-4-10/h5,8,10H,2-4,7H2,1H3. The summed E-state index contributed by atoms with van der Waals surface area (Å²) in [6.07, 6.45) is 4.01. The predicted molar refractivity (Wildman–Crippen MR) is 57.7 cm³/mol. The van der Waals surface area contributed by atoms with Gasteiger partial charge in [0, 0.05) is 12.6 Å². The lowest BCUT2D eigenvalue weighted by Gasteiger charge is -2.20. The van der Waals surface area contributed by atoms with Crippen LogP contribution in [-0.2, 0) is 0 Å². The Bertz CT molecular complexity index is 426. The Labute approximate surface area is 94.5 Å². The van der Waals surface area contributed by atoms with Crippen molar-refractivity contribution < 1.29 is 9.21 Å². The molecular weight excluding hydrogens is 204 g/mol. The zero-order valence-electron chi connectivity index (χ0n) is 9.27. The molecule has 84 valence electrons. The van der Waals surface area contributed by atoms with Gasteiger partial charge in [-0.3, -0.25) is 4.79 Å². The predicted octanol–water partition coefficient (Wildman–Crippen LogP) is 2.11. The molecule has 1 saturated carbocycles. The maximum Gasteiger partial charge on any atom is 0.257 e. The van der Waals surface area contributed by atoms with E-state index >= 15 is 0 Å². The van der Waals surface area contributed by atoms with Gasteiger partial charge in [0.05, 0.1) is 24.3 Å². The molecule has 0 unspecified atom stereocenters. The van der Waals surface area contributed by atoms with Gasteiger partial charge >= 0.3 is 0 Å². The van der Waals surface area contributed by atoms with Gasteiger partial charge in [-0.15, -0.1) is 0 Å². The molecule has 1 aromatic rings. The normalized spacial score (nSPS) is 14.5.